The van der Waals surface area contributed by atoms with E-state index in [9.17, 15) is 13.2 Å². The van der Waals surface area contributed by atoms with Gasteiger partial charge in [0.2, 0.25) is 0 Å². The molecule has 0 unspecified atom stereocenters. The first-order chi connectivity index (χ1) is 8.47. The Kier molecular flexibility index (Phi) is 3.27. The summed E-state index contributed by atoms with van der Waals surface area (Å²) in [6.45, 7) is -0.412. The van der Waals surface area contributed by atoms with Crippen molar-refractivity contribution < 1.29 is 17.9 Å². The minimum absolute atomic E-state index is 0.380. The largest absolute Gasteiger partial charge is 0.493 e. The number of pyridine rings is 1. The third-order valence-electron chi connectivity index (χ3n) is 2.45. The van der Waals surface area contributed by atoms with Gasteiger partial charge in [-0.3, -0.25) is 4.98 Å². The maximum atomic E-state index is 12.0. The summed E-state index contributed by atoms with van der Waals surface area (Å²) in [5.41, 5.74) is 6.26. The number of halogens is 3. The normalized spacial score (nSPS) is 11.7. The van der Waals surface area contributed by atoms with Gasteiger partial charge in [-0.15, -0.1) is 0 Å². The van der Waals surface area contributed by atoms with E-state index in [1.807, 2.05) is 0 Å². The molecule has 2 aromatic rings. The average molecular weight is 256 g/mol. The molecule has 3 nitrogen and oxygen atoms in total. The predicted octanol–water partition coefficient (Wildman–Crippen LogP) is 3.15. The zero-order valence-corrected chi connectivity index (χ0v) is 9.37. The third kappa shape index (κ3) is 2.82. The lowest BCUT2D eigenvalue weighted by molar-refractivity contribution is -0.139. The molecule has 2 N–H and O–H groups in total. The number of nitrogens with zero attached hydrogens (tertiary/aromatic N) is 1. The highest BCUT2D eigenvalue weighted by Crippen LogP contribution is 2.30. The van der Waals surface area contributed by atoms with E-state index in [1.54, 1.807) is 30.6 Å². The Bertz CT molecular complexity index is 555. The molecule has 0 aliphatic carbocycles. The molecule has 2 rings (SSSR count). The van der Waals surface area contributed by atoms with Gasteiger partial charge in [-0.05, 0) is 18.2 Å². The maximum absolute atomic E-state index is 12.0. The van der Waals surface area contributed by atoms with E-state index >= 15 is 0 Å². The Morgan fingerprint density at radius 1 is 1.17 bits per heavy atom. The second kappa shape index (κ2) is 4.72. The second-order valence-corrected chi connectivity index (χ2v) is 3.79. The fourth-order valence-electron chi connectivity index (χ4n) is 1.59. The van der Waals surface area contributed by atoms with E-state index in [-0.39, 0.29) is 0 Å². The fraction of sp³-hybridized carbons (Fsp3) is 0.250. The van der Waals surface area contributed by atoms with Crippen molar-refractivity contribution in [1.82, 2.24) is 4.98 Å². The number of hydrogen-bond acceptors (Lipinski definition) is 3. The molecule has 0 bridgehead atoms. The van der Waals surface area contributed by atoms with Crippen molar-refractivity contribution in [1.29, 1.82) is 0 Å². The van der Waals surface area contributed by atoms with Crippen LogP contribution < -0.4 is 10.5 Å². The van der Waals surface area contributed by atoms with Crippen LogP contribution in [0.1, 0.15) is 6.42 Å². The predicted molar refractivity (Wildman–Crippen MR) is 62.3 cm³/mol. The van der Waals surface area contributed by atoms with E-state index < -0.39 is 19.2 Å². The first kappa shape index (κ1) is 12.5. The molecule has 1 aromatic carbocycles. The highest BCUT2D eigenvalue weighted by Gasteiger charge is 2.26. The molecule has 0 amide bonds. The van der Waals surface area contributed by atoms with Crippen molar-refractivity contribution in [2.75, 3.05) is 12.3 Å². The summed E-state index contributed by atoms with van der Waals surface area (Å²) in [4.78, 5) is 3.92. The molecular weight excluding hydrogens is 245 g/mol. The van der Waals surface area contributed by atoms with Gasteiger partial charge in [0.15, 0.2) is 0 Å². The summed E-state index contributed by atoms with van der Waals surface area (Å²) in [5, 5.41) is 1.33. The topological polar surface area (TPSA) is 48.1 Å². The molecule has 18 heavy (non-hydrogen) atoms. The number of anilines is 1. The van der Waals surface area contributed by atoms with Crippen LogP contribution in [0.2, 0.25) is 0 Å². The first-order valence-electron chi connectivity index (χ1n) is 5.29. The monoisotopic (exact) mass is 256 g/mol. The van der Waals surface area contributed by atoms with Crippen molar-refractivity contribution in [3.63, 3.8) is 0 Å². The zero-order chi connectivity index (χ0) is 13.2. The van der Waals surface area contributed by atoms with E-state index in [0.717, 1.165) is 0 Å². The molecule has 96 valence electrons. The number of fused-ring (bicyclic) bond motifs is 1. The number of aromatic nitrogens is 1. The Morgan fingerprint density at radius 3 is 2.67 bits per heavy atom. The lowest BCUT2D eigenvalue weighted by atomic mass is 10.1. The molecular formula is C12H11F3N2O. The van der Waals surface area contributed by atoms with Crippen molar-refractivity contribution in [2.24, 2.45) is 0 Å². The van der Waals surface area contributed by atoms with Crippen LogP contribution in [0.4, 0.5) is 18.9 Å². The van der Waals surface area contributed by atoms with Crippen molar-refractivity contribution in [3.05, 3.63) is 30.6 Å². The standard InChI is InChI=1S/C12H11F3N2O/c13-12(14,15)4-6-18-11-2-1-10(16)9-7-17-5-3-8(9)11/h1-3,5,7H,4,6,16H2. The molecule has 0 saturated carbocycles. The summed E-state index contributed by atoms with van der Waals surface area (Å²) in [6, 6.07) is 4.82. The van der Waals surface area contributed by atoms with E-state index in [2.05, 4.69) is 4.98 Å². The summed E-state index contributed by atoms with van der Waals surface area (Å²) in [5.74, 6) is 0.380. The van der Waals surface area contributed by atoms with Gasteiger partial charge < -0.3 is 10.5 Å². The number of rotatable bonds is 3. The zero-order valence-electron chi connectivity index (χ0n) is 9.37. The van der Waals surface area contributed by atoms with Crippen LogP contribution in [-0.2, 0) is 0 Å². The highest BCUT2D eigenvalue weighted by molar-refractivity contribution is 5.96. The Hall–Kier alpha value is -1.98. The van der Waals surface area contributed by atoms with E-state index in [0.29, 0.717) is 22.2 Å². The van der Waals surface area contributed by atoms with Gasteiger partial charge in [-0.1, -0.05) is 0 Å². The van der Waals surface area contributed by atoms with Crippen LogP contribution in [0.15, 0.2) is 30.6 Å². The first-order valence-corrected chi connectivity index (χ1v) is 5.29. The number of nitrogen functional groups attached to an aromatic ring is 1. The van der Waals surface area contributed by atoms with Crippen LogP contribution in [0.3, 0.4) is 0 Å². The lowest BCUT2D eigenvalue weighted by Gasteiger charge is -2.11. The van der Waals surface area contributed by atoms with Crippen LogP contribution in [0.5, 0.6) is 5.75 Å². The molecule has 1 aromatic heterocycles. The molecule has 0 saturated heterocycles. The van der Waals surface area contributed by atoms with Gasteiger partial charge in [0.1, 0.15) is 5.75 Å². The highest BCUT2D eigenvalue weighted by atomic mass is 19.4. The Morgan fingerprint density at radius 2 is 1.94 bits per heavy atom. The number of alkyl halides is 3. The quantitative estimate of drug-likeness (QED) is 0.858. The lowest BCUT2D eigenvalue weighted by Crippen LogP contribution is -2.13. The van der Waals surface area contributed by atoms with Gasteiger partial charge >= 0.3 is 6.18 Å². The van der Waals surface area contributed by atoms with Gasteiger partial charge in [-0.2, -0.15) is 13.2 Å². The molecule has 0 aliphatic rings. The molecule has 0 fully saturated rings. The van der Waals surface area contributed by atoms with Gasteiger partial charge in [0, 0.05) is 28.9 Å². The molecule has 0 atom stereocenters. The van der Waals surface area contributed by atoms with Crippen LogP contribution in [-0.4, -0.2) is 17.8 Å². The van der Waals surface area contributed by atoms with Crippen LogP contribution >= 0.6 is 0 Å². The van der Waals surface area contributed by atoms with E-state index in [1.165, 1.54) is 0 Å². The second-order valence-electron chi connectivity index (χ2n) is 3.79. The van der Waals surface area contributed by atoms with Gasteiger partial charge in [0.05, 0.1) is 13.0 Å². The number of ether oxygens (including phenoxy) is 1. The summed E-state index contributed by atoms with van der Waals surface area (Å²) >= 11 is 0. The third-order valence-corrected chi connectivity index (χ3v) is 2.45. The molecule has 0 aliphatic heterocycles. The maximum Gasteiger partial charge on any atom is 0.392 e. The summed E-state index contributed by atoms with van der Waals surface area (Å²) in [6.07, 6.45) is -2.10. The van der Waals surface area contributed by atoms with Crippen molar-refractivity contribution >= 4 is 16.5 Å². The van der Waals surface area contributed by atoms with Crippen LogP contribution in [0, 0.1) is 0 Å². The molecule has 1 heterocycles. The summed E-state index contributed by atoms with van der Waals surface area (Å²) in [7, 11) is 0. The minimum atomic E-state index is -4.22. The van der Waals surface area contributed by atoms with Gasteiger partial charge in [0.25, 0.3) is 0 Å². The molecule has 0 spiro atoms. The molecule has 6 heteroatoms. The Labute approximate surface area is 101 Å². The number of nitrogens with two attached hydrogens (primary N) is 1. The molecule has 0 radical (unpaired) electrons. The van der Waals surface area contributed by atoms with Crippen LogP contribution in [0.25, 0.3) is 10.8 Å². The van der Waals surface area contributed by atoms with Crippen molar-refractivity contribution in [3.8, 4) is 5.75 Å². The fourth-order valence-corrected chi connectivity index (χ4v) is 1.59. The smallest absolute Gasteiger partial charge is 0.392 e. The minimum Gasteiger partial charge on any atom is -0.493 e. The number of hydrogen-bond donors (Lipinski definition) is 1. The van der Waals surface area contributed by atoms with Crippen molar-refractivity contribution in [2.45, 2.75) is 12.6 Å². The van der Waals surface area contributed by atoms with E-state index in [4.69, 9.17) is 10.5 Å². The Balaban J connectivity index is 2.21. The summed E-state index contributed by atoms with van der Waals surface area (Å²) < 4.78 is 41.2. The SMILES string of the molecule is Nc1ccc(OCCC(F)(F)F)c2ccncc12. The average Bonchev–Trinajstić information content (AvgIpc) is 2.31. The van der Waals surface area contributed by atoms with Gasteiger partial charge in [-0.25, -0.2) is 0 Å². The number of benzene rings is 1.